The number of hydrogen-bond donors (Lipinski definition) is 1. The van der Waals surface area contributed by atoms with Gasteiger partial charge in [0.05, 0.1) is 24.1 Å². The number of methoxy groups -OCH3 is 1. The maximum Gasteiger partial charge on any atom is 0.141 e. The monoisotopic (exact) mass is 282 g/mol. The SMILES string of the molecule is COC1CCN(CC(C)C(O)c2ccc(F)cn2)CC1. The Hall–Kier alpha value is -1.04. The number of aliphatic hydroxyl groups excluding tert-OH is 1. The number of nitrogens with zero attached hydrogens (tertiary/aromatic N) is 2. The van der Waals surface area contributed by atoms with Crippen LogP contribution in [0.3, 0.4) is 0 Å². The molecule has 2 unspecified atom stereocenters. The Labute approximate surface area is 119 Å². The van der Waals surface area contributed by atoms with E-state index in [2.05, 4.69) is 9.88 Å². The lowest BCUT2D eigenvalue weighted by atomic mass is 9.99. The molecule has 0 aromatic carbocycles. The average molecular weight is 282 g/mol. The molecule has 4 nitrogen and oxygen atoms in total. The zero-order valence-corrected chi connectivity index (χ0v) is 12.1. The number of piperidine rings is 1. The van der Waals surface area contributed by atoms with Crippen molar-refractivity contribution in [2.24, 2.45) is 5.92 Å². The van der Waals surface area contributed by atoms with E-state index in [9.17, 15) is 9.50 Å². The topological polar surface area (TPSA) is 45.6 Å². The summed E-state index contributed by atoms with van der Waals surface area (Å²) in [5.41, 5.74) is 0.533. The highest BCUT2D eigenvalue weighted by Crippen LogP contribution is 2.23. The Morgan fingerprint density at radius 3 is 2.70 bits per heavy atom. The number of hydrogen-bond acceptors (Lipinski definition) is 4. The number of ether oxygens (including phenoxy) is 1. The number of rotatable bonds is 5. The van der Waals surface area contributed by atoms with Crippen molar-refractivity contribution in [1.82, 2.24) is 9.88 Å². The third-order valence-electron chi connectivity index (χ3n) is 4.01. The summed E-state index contributed by atoms with van der Waals surface area (Å²) in [4.78, 5) is 6.29. The van der Waals surface area contributed by atoms with Crippen molar-refractivity contribution in [2.75, 3.05) is 26.7 Å². The lowest BCUT2D eigenvalue weighted by Crippen LogP contribution is -2.40. The molecule has 20 heavy (non-hydrogen) atoms. The van der Waals surface area contributed by atoms with Crippen LogP contribution in [0.15, 0.2) is 18.3 Å². The lowest BCUT2D eigenvalue weighted by molar-refractivity contribution is 0.0240. The molecule has 1 N–H and O–H groups in total. The van der Waals surface area contributed by atoms with E-state index in [0.717, 1.165) is 38.7 Å². The maximum absolute atomic E-state index is 12.8. The molecule has 112 valence electrons. The van der Waals surface area contributed by atoms with E-state index in [1.165, 1.54) is 6.07 Å². The summed E-state index contributed by atoms with van der Waals surface area (Å²) >= 11 is 0. The van der Waals surface area contributed by atoms with Crippen LogP contribution in [0.25, 0.3) is 0 Å². The van der Waals surface area contributed by atoms with Crippen molar-refractivity contribution >= 4 is 0 Å². The van der Waals surface area contributed by atoms with E-state index in [4.69, 9.17) is 4.74 Å². The average Bonchev–Trinajstić information content (AvgIpc) is 2.48. The Morgan fingerprint density at radius 2 is 2.15 bits per heavy atom. The van der Waals surface area contributed by atoms with Gasteiger partial charge in [-0.1, -0.05) is 6.92 Å². The Kier molecular flexibility index (Phi) is 5.46. The smallest absolute Gasteiger partial charge is 0.141 e. The summed E-state index contributed by atoms with van der Waals surface area (Å²) < 4.78 is 18.2. The fraction of sp³-hybridized carbons (Fsp3) is 0.667. The summed E-state index contributed by atoms with van der Waals surface area (Å²) in [6, 6.07) is 2.88. The highest BCUT2D eigenvalue weighted by molar-refractivity contribution is 5.08. The van der Waals surface area contributed by atoms with Crippen molar-refractivity contribution in [3.63, 3.8) is 0 Å². The van der Waals surface area contributed by atoms with Crippen LogP contribution in [0.2, 0.25) is 0 Å². The minimum absolute atomic E-state index is 0.0621. The van der Waals surface area contributed by atoms with Gasteiger partial charge in [-0.15, -0.1) is 0 Å². The van der Waals surface area contributed by atoms with E-state index in [0.29, 0.717) is 11.8 Å². The van der Waals surface area contributed by atoms with Crippen molar-refractivity contribution in [3.05, 3.63) is 29.8 Å². The van der Waals surface area contributed by atoms with Crippen LogP contribution in [-0.2, 0) is 4.74 Å². The molecular formula is C15H23FN2O2. The van der Waals surface area contributed by atoms with Crippen LogP contribution < -0.4 is 0 Å². The molecule has 2 rings (SSSR count). The van der Waals surface area contributed by atoms with Gasteiger partial charge in [-0.05, 0) is 25.0 Å². The second-order valence-corrected chi connectivity index (χ2v) is 5.56. The fourth-order valence-electron chi connectivity index (χ4n) is 2.69. The molecule has 1 aliphatic heterocycles. The predicted molar refractivity (Wildman–Crippen MR) is 74.8 cm³/mol. The second kappa shape index (κ2) is 7.11. The van der Waals surface area contributed by atoms with E-state index < -0.39 is 6.10 Å². The highest BCUT2D eigenvalue weighted by Gasteiger charge is 2.24. The van der Waals surface area contributed by atoms with Crippen LogP contribution in [0.5, 0.6) is 0 Å². The van der Waals surface area contributed by atoms with Gasteiger partial charge in [0.1, 0.15) is 5.82 Å². The van der Waals surface area contributed by atoms with Gasteiger partial charge in [0.15, 0.2) is 0 Å². The predicted octanol–water partition coefficient (Wildman–Crippen LogP) is 2.00. The molecule has 0 radical (unpaired) electrons. The van der Waals surface area contributed by atoms with Crippen LogP contribution in [-0.4, -0.2) is 47.8 Å². The van der Waals surface area contributed by atoms with E-state index >= 15 is 0 Å². The summed E-state index contributed by atoms with van der Waals surface area (Å²) in [5, 5.41) is 10.3. The van der Waals surface area contributed by atoms with Crippen LogP contribution >= 0.6 is 0 Å². The highest BCUT2D eigenvalue weighted by atomic mass is 19.1. The summed E-state index contributed by atoms with van der Waals surface area (Å²) in [6.07, 6.45) is 2.93. The Morgan fingerprint density at radius 1 is 1.45 bits per heavy atom. The van der Waals surface area contributed by atoms with Crippen molar-refractivity contribution in [1.29, 1.82) is 0 Å². The molecule has 1 aromatic rings. The molecule has 1 aromatic heterocycles. The maximum atomic E-state index is 12.8. The normalized spacial score (nSPS) is 20.8. The van der Waals surface area contributed by atoms with Gasteiger partial charge in [-0.3, -0.25) is 4.98 Å². The molecule has 0 saturated carbocycles. The van der Waals surface area contributed by atoms with Crippen LogP contribution in [0.1, 0.15) is 31.6 Å². The zero-order chi connectivity index (χ0) is 14.5. The summed E-state index contributed by atoms with van der Waals surface area (Å²) in [5.74, 6) is -0.317. The first-order valence-corrected chi connectivity index (χ1v) is 7.15. The number of likely N-dealkylation sites (tertiary alicyclic amines) is 1. The van der Waals surface area contributed by atoms with E-state index in [-0.39, 0.29) is 11.7 Å². The first-order chi connectivity index (χ1) is 9.60. The van der Waals surface area contributed by atoms with Gasteiger partial charge < -0.3 is 14.7 Å². The molecule has 0 spiro atoms. The minimum atomic E-state index is -0.657. The molecule has 2 heterocycles. The molecule has 0 amide bonds. The van der Waals surface area contributed by atoms with Crippen molar-refractivity contribution in [2.45, 2.75) is 32.0 Å². The van der Waals surface area contributed by atoms with Gasteiger partial charge in [0, 0.05) is 32.7 Å². The number of aliphatic hydroxyl groups is 1. The first-order valence-electron chi connectivity index (χ1n) is 7.15. The van der Waals surface area contributed by atoms with Gasteiger partial charge in [-0.25, -0.2) is 4.39 Å². The molecule has 1 aliphatic rings. The first kappa shape index (κ1) is 15.4. The lowest BCUT2D eigenvalue weighted by Gasteiger charge is -2.33. The number of pyridine rings is 1. The fourth-order valence-corrected chi connectivity index (χ4v) is 2.69. The number of halogens is 1. The second-order valence-electron chi connectivity index (χ2n) is 5.56. The molecule has 0 aliphatic carbocycles. The van der Waals surface area contributed by atoms with Crippen LogP contribution in [0, 0.1) is 11.7 Å². The standard InChI is InChI=1S/C15H23FN2O2/c1-11(10-18-7-5-13(20-2)6-8-18)15(19)14-4-3-12(16)9-17-14/h3-4,9,11,13,15,19H,5-8,10H2,1-2H3. The van der Waals surface area contributed by atoms with Crippen molar-refractivity contribution in [3.8, 4) is 0 Å². The Balaban J connectivity index is 1.85. The molecule has 5 heteroatoms. The molecule has 2 atom stereocenters. The quantitative estimate of drug-likeness (QED) is 0.897. The minimum Gasteiger partial charge on any atom is -0.386 e. The summed E-state index contributed by atoms with van der Waals surface area (Å²) in [6.45, 7) is 4.80. The molecular weight excluding hydrogens is 259 g/mol. The third-order valence-corrected chi connectivity index (χ3v) is 4.01. The molecule has 0 bridgehead atoms. The Bertz CT molecular complexity index is 405. The largest absolute Gasteiger partial charge is 0.386 e. The van der Waals surface area contributed by atoms with Crippen molar-refractivity contribution < 1.29 is 14.2 Å². The molecule has 1 saturated heterocycles. The van der Waals surface area contributed by atoms with Gasteiger partial charge in [0.25, 0.3) is 0 Å². The van der Waals surface area contributed by atoms with Gasteiger partial charge >= 0.3 is 0 Å². The third kappa shape index (κ3) is 3.98. The van der Waals surface area contributed by atoms with E-state index in [1.807, 2.05) is 6.92 Å². The van der Waals surface area contributed by atoms with E-state index in [1.54, 1.807) is 13.2 Å². The van der Waals surface area contributed by atoms with Gasteiger partial charge in [0.2, 0.25) is 0 Å². The number of aromatic nitrogens is 1. The van der Waals surface area contributed by atoms with Gasteiger partial charge in [-0.2, -0.15) is 0 Å². The molecule has 1 fully saturated rings. The summed E-state index contributed by atoms with van der Waals surface area (Å²) in [7, 11) is 1.76. The zero-order valence-electron chi connectivity index (χ0n) is 12.1. The van der Waals surface area contributed by atoms with Crippen LogP contribution in [0.4, 0.5) is 4.39 Å².